The zero-order valence-corrected chi connectivity index (χ0v) is 9.66. The standard InChI is InChI=1S/C11H6ClN3S/c12-10-9-7(8-3-1-2-4-13-8)5-16-11(9)15-6-14-10/h1-6H. The molecule has 3 nitrogen and oxygen atoms in total. The first kappa shape index (κ1) is 9.69. The molecule has 3 heterocycles. The number of thiophene rings is 1. The molecule has 0 bridgehead atoms. The van der Waals surface area contributed by atoms with Gasteiger partial charge in [-0.25, -0.2) is 9.97 Å². The summed E-state index contributed by atoms with van der Waals surface area (Å²) in [4.78, 5) is 13.4. The van der Waals surface area contributed by atoms with Crippen LogP contribution in [-0.2, 0) is 0 Å². The van der Waals surface area contributed by atoms with Crippen LogP contribution in [0.15, 0.2) is 36.1 Å². The first-order chi connectivity index (χ1) is 7.86. The third-order valence-electron chi connectivity index (χ3n) is 2.26. The van der Waals surface area contributed by atoms with E-state index in [4.69, 9.17) is 11.6 Å². The predicted molar refractivity (Wildman–Crippen MR) is 65.7 cm³/mol. The summed E-state index contributed by atoms with van der Waals surface area (Å²) >= 11 is 7.63. The van der Waals surface area contributed by atoms with Crippen LogP contribution in [0, 0.1) is 0 Å². The third kappa shape index (κ3) is 1.47. The molecule has 0 N–H and O–H groups in total. The first-order valence-corrected chi connectivity index (χ1v) is 5.91. The van der Waals surface area contributed by atoms with E-state index in [9.17, 15) is 0 Å². The van der Waals surface area contributed by atoms with E-state index in [2.05, 4.69) is 15.0 Å². The van der Waals surface area contributed by atoms with E-state index < -0.39 is 0 Å². The largest absolute Gasteiger partial charge is 0.256 e. The second-order valence-corrected chi connectivity index (χ2v) is 4.43. The molecular weight excluding hydrogens is 242 g/mol. The Morgan fingerprint density at radius 3 is 2.88 bits per heavy atom. The van der Waals surface area contributed by atoms with Crippen LogP contribution in [0.2, 0.25) is 5.15 Å². The number of aromatic nitrogens is 3. The molecule has 3 aromatic heterocycles. The molecule has 5 heteroatoms. The van der Waals surface area contributed by atoms with Crippen molar-refractivity contribution in [1.82, 2.24) is 15.0 Å². The van der Waals surface area contributed by atoms with Crippen LogP contribution in [0.1, 0.15) is 0 Å². The Kier molecular flexibility index (Phi) is 2.31. The summed E-state index contributed by atoms with van der Waals surface area (Å²) in [5.41, 5.74) is 1.89. The third-order valence-corrected chi connectivity index (χ3v) is 3.44. The van der Waals surface area contributed by atoms with Crippen molar-refractivity contribution in [2.24, 2.45) is 0 Å². The molecular formula is C11H6ClN3S. The van der Waals surface area contributed by atoms with E-state index >= 15 is 0 Å². The van der Waals surface area contributed by atoms with Gasteiger partial charge in [0.2, 0.25) is 0 Å². The number of fused-ring (bicyclic) bond motifs is 1. The fourth-order valence-electron chi connectivity index (χ4n) is 1.55. The Balaban J connectivity index is 2.33. The molecule has 0 saturated carbocycles. The molecule has 3 aromatic rings. The van der Waals surface area contributed by atoms with Gasteiger partial charge >= 0.3 is 0 Å². The number of rotatable bonds is 1. The number of hydrogen-bond acceptors (Lipinski definition) is 4. The average molecular weight is 248 g/mol. The lowest BCUT2D eigenvalue weighted by molar-refractivity contribution is 1.23. The SMILES string of the molecule is Clc1ncnc2scc(-c3ccccn3)c12. The van der Waals surface area contributed by atoms with Crippen LogP contribution in [0.4, 0.5) is 0 Å². The van der Waals surface area contributed by atoms with Crippen LogP contribution >= 0.6 is 22.9 Å². The highest BCUT2D eigenvalue weighted by Gasteiger charge is 2.11. The summed E-state index contributed by atoms with van der Waals surface area (Å²) in [6, 6.07) is 5.78. The fourth-order valence-corrected chi connectivity index (χ4v) is 2.74. The quantitative estimate of drug-likeness (QED) is 0.619. The van der Waals surface area contributed by atoms with Crippen molar-refractivity contribution in [2.75, 3.05) is 0 Å². The highest BCUT2D eigenvalue weighted by Crippen LogP contribution is 2.34. The highest BCUT2D eigenvalue weighted by molar-refractivity contribution is 7.17. The van der Waals surface area contributed by atoms with Crippen LogP contribution < -0.4 is 0 Å². The Morgan fingerprint density at radius 2 is 2.06 bits per heavy atom. The van der Waals surface area contributed by atoms with Gasteiger partial charge in [0.15, 0.2) is 0 Å². The summed E-state index contributed by atoms with van der Waals surface area (Å²) in [6.07, 6.45) is 3.24. The number of nitrogens with zero attached hydrogens (tertiary/aromatic N) is 3. The predicted octanol–water partition coefficient (Wildman–Crippen LogP) is 3.41. The fraction of sp³-hybridized carbons (Fsp3) is 0. The molecule has 0 aliphatic rings. The molecule has 0 amide bonds. The maximum atomic E-state index is 6.08. The van der Waals surface area contributed by atoms with Gasteiger partial charge in [0.25, 0.3) is 0 Å². The molecule has 0 fully saturated rings. The van der Waals surface area contributed by atoms with Crippen molar-refractivity contribution in [3.63, 3.8) is 0 Å². The Morgan fingerprint density at radius 1 is 1.12 bits per heavy atom. The molecule has 0 saturated heterocycles. The maximum absolute atomic E-state index is 6.08. The molecule has 0 aliphatic heterocycles. The van der Waals surface area contributed by atoms with Crippen molar-refractivity contribution in [3.05, 3.63) is 41.3 Å². The lowest BCUT2D eigenvalue weighted by atomic mass is 10.1. The van der Waals surface area contributed by atoms with E-state index in [1.54, 1.807) is 17.5 Å². The summed E-state index contributed by atoms with van der Waals surface area (Å²) in [6.45, 7) is 0. The van der Waals surface area contributed by atoms with Gasteiger partial charge < -0.3 is 0 Å². The summed E-state index contributed by atoms with van der Waals surface area (Å²) < 4.78 is 0. The Hall–Kier alpha value is -1.52. The molecule has 0 atom stereocenters. The zero-order valence-electron chi connectivity index (χ0n) is 8.09. The van der Waals surface area contributed by atoms with E-state index in [1.165, 1.54) is 6.33 Å². The molecule has 0 unspecified atom stereocenters. The second kappa shape index (κ2) is 3.81. The van der Waals surface area contributed by atoms with Crippen molar-refractivity contribution < 1.29 is 0 Å². The first-order valence-electron chi connectivity index (χ1n) is 4.65. The minimum Gasteiger partial charge on any atom is -0.256 e. The normalized spacial score (nSPS) is 10.8. The Labute approximate surface area is 101 Å². The van der Waals surface area contributed by atoms with Crippen molar-refractivity contribution in [1.29, 1.82) is 0 Å². The van der Waals surface area contributed by atoms with E-state index in [0.29, 0.717) is 5.15 Å². The van der Waals surface area contributed by atoms with Crippen LogP contribution in [0.3, 0.4) is 0 Å². The van der Waals surface area contributed by atoms with Crippen LogP contribution in [0.5, 0.6) is 0 Å². The molecule has 0 radical (unpaired) electrons. The average Bonchev–Trinajstić information content (AvgIpc) is 2.75. The minimum atomic E-state index is 0.479. The molecule has 78 valence electrons. The number of pyridine rings is 1. The van der Waals surface area contributed by atoms with Gasteiger partial charge in [0.05, 0.1) is 11.1 Å². The van der Waals surface area contributed by atoms with Gasteiger partial charge in [-0.2, -0.15) is 0 Å². The molecule has 0 spiro atoms. The molecule has 0 aliphatic carbocycles. The topological polar surface area (TPSA) is 38.7 Å². The van der Waals surface area contributed by atoms with Gasteiger partial charge in [-0.05, 0) is 12.1 Å². The maximum Gasteiger partial charge on any atom is 0.141 e. The van der Waals surface area contributed by atoms with Gasteiger partial charge in [-0.1, -0.05) is 17.7 Å². The second-order valence-electron chi connectivity index (χ2n) is 3.21. The lowest BCUT2D eigenvalue weighted by Crippen LogP contribution is -1.83. The van der Waals surface area contributed by atoms with Gasteiger partial charge in [-0.3, -0.25) is 4.98 Å². The van der Waals surface area contributed by atoms with Crippen LogP contribution in [0.25, 0.3) is 21.5 Å². The van der Waals surface area contributed by atoms with E-state index in [-0.39, 0.29) is 0 Å². The van der Waals surface area contributed by atoms with Gasteiger partial charge in [-0.15, -0.1) is 11.3 Å². The smallest absolute Gasteiger partial charge is 0.141 e. The van der Waals surface area contributed by atoms with E-state index in [0.717, 1.165) is 21.5 Å². The zero-order chi connectivity index (χ0) is 11.0. The highest BCUT2D eigenvalue weighted by atomic mass is 35.5. The molecule has 16 heavy (non-hydrogen) atoms. The van der Waals surface area contributed by atoms with Crippen LogP contribution in [-0.4, -0.2) is 15.0 Å². The van der Waals surface area contributed by atoms with Crippen molar-refractivity contribution >= 4 is 33.2 Å². The van der Waals surface area contributed by atoms with Gasteiger partial charge in [0.1, 0.15) is 16.3 Å². The number of halogens is 1. The van der Waals surface area contributed by atoms with E-state index in [1.807, 2.05) is 23.6 Å². The monoisotopic (exact) mass is 247 g/mol. The molecule has 0 aromatic carbocycles. The lowest BCUT2D eigenvalue weighted by Gasteiger charge is -1.98. The van der Waals surface area contributed by atoms with Crippen molar-refractivity contribution in [2.45, 2.75) is 0 Å². The summed E-state index contributed by atoms with van der Waals surface area (Å²) in [5, 5.41) is 3.37. The summed E-state index contributed by atoms with van der Waals surface area (Å²) in [7, 11) is 0. The van der Waals surface area contributed by atoms with Gasteiger partial charge in [0, 0.05) is 17.1 Å². The summed E-state index contributed by atoms with van der Waals surface area (Å²) in [5.74, 6) is 0. The molecule has 3 rings (SSSR count). The van der Waals surface area contributed by atoms with Crippen molar-refractivity contribution in [3.8, 4) is 11.3 Å². The Bertz CT molecular complexity index is 636. The number of hydrogen-bond donors (Lipinski definition) is 0. The minimum absolute atomic E-state index is 0.479.